The Morgan fingerprint density at radius 2 is 1.66 bits per heavy atom. The number of carbonyl (C=O) groups excluding carboxylic acids is 2. The molecule has 0 aliphatic carbocycles. The van der Waals surface area contributed by atoms with Crippen molar-refractivity contribution in [2.75, 3.05) is 12.4 Å². The molecular weight excluding hydrogens is 568 g/mol. The molecule has 4 rings (SSSR count). The van der Waals surface area contributed by atoms with Crippen LogP contribution in [0.2, 0.25) is 5.02 Å². The lowest BCUT2D eigenvalue weighted by Gasteiger charge is -2.21. The number of benzene rings is 3. The van der Waals surface area contributed by atoms with Crippen molar-refractivity contribution in [1.82, 2.24) is 9.73 Å². The molecule has 0 fully saturated rings. The number of aryl methyl sites for hydroxylation is 1. The first-order valence-electron chi connectivity index (χ1n) is 12.3. The van der Waals surface area contributed by atoms with Crippen molar-refractivity contribution in [3.63, 3.8) is 0 Å². The van der Waals surface area contributed by atoms with Crippen LogP contribution in [0.15, 0.2) is 99.3 Å². The SMILES string of the molecule is COc1ccccc1NC(=O)C(=O)N/N=C/c1ccc(CN(Cc2ccc(Cl)cc2)S(=O)(=O)c2ccc(C)cc2)o1. The number of para-hydroxylation sites is 2. The normalized spacial score (nSPS) is 11.5. The molecule has 41 heavy (non-hydrogen) atoms. The van der Waals surface area contributed by atoms with Gasteiger partial charge in [0.05, 0.1) is 30.5 Å². The molecule has 2 amide bonds. The Bertz CT molecular complexity index is 1650. The van der Waals surface area contributed by atoms with Gasteiger partial charge in [0.1, 0.15) is 17.3 Å². The first kappa shape index (κ1) is 29.5. The van der Waals surface area contributed by atoms with Crippen LogP contribution in [0.1, 0.15) is 22.6 Å². The van der Waals surface area contributed by atoms with Crippen LogP contribution in [0.5, 0.6) is 5.75 Å². The zero-order valence-corrected chi connectivity index (χ0v) is 23.8. The van der Waals surface area contributed by atoms with E-state index in [9.17, 15) is 18.0 Å². The second-order valence-electron chi connectivity index (χ2n) is 8.87. The molecule has 1 heterocycles. The fourth-order valence-electron chi connectivity index (χ4n) is 3.73. The van der Waals surface area contributed by atoms with Gasteiger partial charge in [0.2, 0.25) is 10.0 Å². The van der Waals surface area contributed by atoms with Gasteiger partial charge in [-0.1, -0.05) is 53.6 Å². The smallest absolute Gasteiger partial charge is 0.329 e. The number of hydrogen-bond donors (Lipinski definition) is 2. The number of halogens is 1. The van der Waals surface area contributed by atoms with E-state index in [1.807, 2.05) is 6.92 Å². The van der Waals surface area contributed by atoms with E-state index in [4.69, 9.17) is 20.8 Å². The molecule has 2 N–H and O–H groups in total. The van der Waals surface area contributed by atoms with E-state index in [1.54, 1.807) is 84.9 Å². The van der Waals surface area contributed by atoms with Crippen molar-refractivity contribution in [2.24, 2.45) is 5.10 Å². The average molecular weight is 595 g/mol. The number of hydrazone groups is 1. The van der Waals surface area contributed by atoms with Crippen LogP contribution < -0.4 is 15.5 Å². The third-order valence-corrected chi connectivity index (χ3v) is 7.92. The Morgan fingerprint density at radius 1 is 0.951 bits per heavy atom. The maximum absolute atomic E-state index is 13.5. The molecule has 212 valence electrons. The Labute approximate surface area is 242 Å². The summed E-state index contributed by atoms with van der Waals surface area (Å²) in [4.78, 5) is 24.5. The number of nitrogens with zero attached hydrogens (tertiary/aromatic N) is 2. The predicted octanol–water partition coefficient (Wildman–Crippen LogP) is 4.73. The molecule has 0 saturated heterocycles. The molecule has 1 aromatic heterocycles. The summed E-state index contributed by atoms with van der Waals surface area (Å²) in [5.74, 6) is -0.959. The van der Waals surface area contributed by atoms with Crippen LogP contribution in [0.3, 0.4) is 0 Å². The zero-order chi connectivity index (χ0) is 29.4. The van der Waals surface area contributed by atoms with E-state index in [2.05, 4.69) is 15.8 Å². The molecule has 12 heteroatoms. The van der Waals surface area contributed by atoms with Crippen molar-refractivity contribution in [3.8, 4) is 5.75 Å². The van der Waals surface area contributed by atoms with Gasteiger partial charge >= 0.3 is 11.8 Å². The average Bonchev–Trinajstić information content (AvgIpc) is 3.41. The lowest BCUT2D eigenvalue weighted by molar-refractivity contribution is -0.136. The molecule has 0 aliphatic heterocycles. The summed E-state index contributed by atoms with van der Waals surface area (Å²) < 4.78 is 39.3. The molecule has 0 unspecified atom stereocenters. The minimum absolute atomic E-state index is 0.0691. The highest BCUT2D eigenvalue weighted by Gasteiger charge is 2.26. The summed E-state index contributed by atoms with van der Waals surface area (Å²) in [5.41, 5.74) is 4.14. The van der Waals surface area contributed by atoms with Gasteiger partial charge in [0, 0.05) is 11.6 Å². The Hall–Kier alpha value is -4.45. The minimum Gasteiger partial charge on any atom is -0.495 e. The van der Waals surface area contributed by atoms with Crippen LogP contribution >= 0.6 is 11.6 Å². The summed E-state index contributed by atoms with van der Waals surface area (Å²) >= 11 is 6.00. The van der Waals surface area contributed by atoms with Gasteiger partial charge in [-0.3, -0.25) is 9.59 Å². The van der Waals surface area contributed by atoms with Gasteiger partial charge in [-0.25, -0.2) is 13.8 Å². The molecule has 0 aliphatic rings. The highest BCUT2D eigenvalue weighted by Crippen LogP contribution is 2.24. The van der Waals surface area contributed by atoms with Gasteiger partial charge in [-0.15, -0.1) is 0 Å². The lowest BCUT2D eigenvalue weighted by atomic mass is 10.2. The summed E-state index contributed by atoms with van der Waals surface area (Å²) in [6, 6.07) is 23.3. The highest BCUT2D eigenvalue weighted by molar-refractivity contribution is 7.89. The number of ether oxygens (including phenoxy) is 1. The molecule has 0 bridgehead atoms. The number of amides is 2. The van der Waals surface area contributed by atoms with Gasteiger partial charge in [0.15, 0.2) is 0 Å². The Kier molecular flexibility index (Phi) is 9.56. The third-order valence-electron chi connectivity index (χ3n) is 5.86. The van der Waals surface area contributed by atoms with Gasteiger partial charge in [-0.2, -0.15) is 9.41 Å². The van der Waals surface area contributed by atoms with Crippen molar-refractivity contribution in [2.45, 2.75) is 24.9 Å². The summed E-state index contributed by atoms with van der Waals surface area (Å²) in [5, 5.41) is 6.75. The number of hydrogen-bond acceptors (Lipinski definition) is 7. The first-order valence-corrected chi connectivity index (χ1v) is 14.1. The molecule has 0 spiro atoms. The van der Waals surface area contributed by atoms with Crippen molar-refractivity contribution in [1.29, 1.82) is 0 Å². The van der Waals surface area contributed by atoms with Crippen molar-refractivity contribution in [3.05, 3.63) is 113 Å². The largest absolute Gasteiger partial charge is 0.495 e. The first-order chi connectivity index (χ1) is 19.7. The van der Waals surface area contributed by atoms with E-state index in [1.165, 1.54) is 17.6 Å². The highest BCUT2D eigenvalue weighted by atomic mass is 35.5. The number of rotatable bonds is 10. The quantitative estimate of drug-likeness (QED) is 0.155. The number of furan rings is 1. The van der Waals surface area contributed by atoms with Crippen LogP contribution in [-0.4, -0.2) is 37.9 Å². The second-order valence-corrected chi connectivity index (χ2v) is 11.2. The molecule has 3 aromatic carbocycles. The molecule has 0 saturated carbocycles. The monoisotopic (exact) mass is 594 g/mol. The summed E-state index contributed by atoms with van der Waals surface area (Å²) in [6.07, 6.45) is 1.20. The van der Waals surface area contributed by atoms with Crippen LogP contribution in [0.25, 0.3) is 0 Å². The molecule has 10 nitrogen and oxygen atoms in total. The van der Waals surface area contributed by atoms with E-state index in [-0.39, 0.29) is 23.7 Å². The number of methoxy groups -OCH3 is 1. The fraction of sp³-hybridized carbons (Fsp3) is 0.138. The number of anilines is 1. The van der Waals surface area contributed by atoms with E-state index in [0.717, 1.165) is 11.1 Å². The Balaban J connectivity index is 1.44. The van der Waals surface area contributed by atoms with Gasteiger partial charge in [-0.05, 0) is 61.0 Å². The number of nitrogens with one attached hydrogen (secondary N) is 2. The van der Waals surface area contributed by atoms with Crippen LogP contribution in [-0.2, 0) is 32.7 Å². The predicted molar refractivity (Wildman–Crippen MR) is 155 cm³/mol. The second kappa shape index (κ2) is 13.3. The standard InChI is InChI=1S/C29H27ClN4O6S/c1-20-7-15-25(16-8-20)41(37,38)34(18-21-9-11-22(30)12-10-21)19-24-14-13-23(40-24)17-31-33-29(36)28(35)32-26-5-3-4-6-27(26)39-2/h3-17H,18-19H2,1-2H3,(H,32,35)(H,33,36)/b31-17+. The molecule has 0 radical (unpaired) electrons. The van der Waals surface area contributed by atoms with Crippen molar-refractivity contribution >= 4 is 45.3 Å². The third kappa shape index (κ3) is 7.82. The zero-order valence-electron chi connectivity index (χ0n) is 22.2. The lowest BCUT2D eigenvalue weighted by Crippen LogP contribution is -2.32. The maximum atomic E-state index is 13.5. The molecule has 4 aromatic rings. The number of sulfonamides is 1. The van der Waals surface area contributed by atoms with Gasteiger partial charge < -0.3 is 14.5 Å². The van der Waals surface area contributed by atoms with E-state index >= 15 is 0 Å². The summed E-state index contributed by atoms with van der Waals surface area (Å²) in [7, 11) is -2.44. The fourth-order valence-corrected chi connectivity index (χ4v) is 5.25. The maximum Gasteiger partial charge on any atom is 0.329 e. The topological polar surface area (TPSA) is 130 Å². The van der Waals surface area contributed by atoms with E-state index < -0.39 is 21.8 Å². The molecule has 0 atom stereocenters. The van der Waals surface area contributed by atoms with E-state index in [0.29, 0.717) is 22.2 Å². The van der Waals surface area contributed by atoms with Crippen LogP contribution in [0.4, 0.5) is 5.69 Å². The molecular formula is C29H27ClN4O6S. The van der Waals surface area contributed by atoms with Crippen molar-refractivity contribution < 1.29 is 27.2 Å². The number of carbonyl (C=O) groups is 2. The minimum atomic E-state index is -3.89. The summed E-state index contributed by atoms with van der Waals surface area (Å²) in [6.45, 7) is 1.89. The van der Waals surface area contributed by atoms with Crippen LogP contribution in [0, 0.1) is 6.92 Å². The Morgan fingerprint density at radius 3 is 2.37 bits per heavy atom. The van der Waals surface area contributed by atoms with Gasteiger partial charge in [0.25, 0.3) is 0 Å².